The molecule has 0 bridgehead atoms. The average molecular weight is 923 g/mol. The number of methoxy groups -OCH3 is 2. The fourth-order valence-electron chi connectivity index (χ4n) is 11.1. The van der Waals surface area contributed by atoms with Crippen LogP contribution in [-0.4, -0.2) is 114 Å². The number of nitrogens with one attached hydrogen (secondary N) is 5. The number of aromatic nitrogens is 4. The third-order valence-electron chi connectivity index (χ3n) is 15.2. The van der Waals surface area contributed by atoms with Crippen LogP contribution >= 0.6 is 0 Å². The molecule has 0 spiro atoms. The molecule has 16 heteroatoms. The van der Waals surface area contributed by atoms with Crippen LogP contribution in [0.2, 0.25) is 0 Å². The van der Waals surface area contributed by atoms with Gasteiger partial charge in [-0.25, -0.2) is 19.6 Å². The molecule has 5 fully saturated rings. The molecular formula is C52H58N8O8. The second-order valence-electron chi connectivity index (χ2n) is 19.4. The van der Waals surface area contributed by atoms with Crippen LogP contribution in [0.4, 0.5) is 9.59 Å². The van der Waals surface area contributed by atoms with Gasteiger partial charge in [0.05, 0.1) is 42.3 Å². The number of imidazole rings is 2. The minimum absolute atomic E-state index is 0.0126. The van der Waals surface area contributed by atoms with E-state index in [1.807, 2.05) is 11.0 Å². The maximum atomic E-state index is 14.3. The molecule has 11 rings (SSSR count). The quantitative estimate of drug-likeness (QED) is 0.0781. The van der Waals surface area contributed by atoms with Crippen LogP contribution in [0.25, 0.3) is 55.1 Å². The Hall–Kier alpha value is -6.52. The standard InChI is InChI=1S/C52H58N8O8/c1-65-51(63)58-46(28-13-17-67-18-14-28)49(61)57-40-25-36(40)9-12-45-53-38-10-7-34(23-41(38)54-45)32-5-3-31-22-33(6-4-30(31)21-32)35-8-11-39-42(24-35)56-48(55-39)44-27-37-26-43(37)60(44)50(62)47(59-52(64)66-2)29-15-19-68-20-16-29/h3-8,10-11,21-24,28-29,36-37,40,43-44,46-47H,9,12-20,25-27H2,1-2H3,(H,53,54)(H,55,56)(H,57,61)(H,58,63)(H,59,64)/t36-,37+,40+,43+,44-,46-,47-/m0/s1. The Labute approximate surface area is 393 Å². The van der Waals surface area contributed by atoms with Crippen molar-refractivity contribution in [1.29, 1.82) is 0 Å². The number of alkyl carbamates (subject to hydrolysis) is 2. The number of hydrogen-bond donors (Lipinski definition) is 5. The molecular weight excluding hydrogens is 865 g/mol. The number of carbonyl (C=O) groups excluding carboxylic acids is 4. The zero-order valence-corrected chi connectivity index (χ0v) is 38.4. The predicted molar refractivity (Wildman–Crippen MR) is 254 cm³/mol. The molecule has 2 aromatic heterocycles. The fourth-order valence-corrected chi connectivity index (χ4v) is 11.1. The van der Waals surface area contributed by atoms with E-state index in [-0.39, 0.29) is 41.8 Å². The van der Waals surface area contributed by atoms with E-state index in [1.165, 1.54) is 14.2 Å². The summed E-state index contributed by atoms with van der Waals surface area (Å²) in [4.78, 5) is 71.1. The highest BCUT2D eigenvalue weighted by molar-refractivity contribution is 5.93. The first-order valence-electron chi connectivity index (χ1n) is 24.2. The van der Waals surface area contributed by atoms with Gasteiger partial charge in [-0.2, -0.15) is 0 Å². The van der Waals surface area contributed by atoms with Gasteiger partial charge in [-0.1, -0.05) is 36.4 Å². The number of piperidine rings is 1. The lowest BCUT2D eigenvalue weighted by molar-refractivity contribution is -0.138. The lowest BCUT2D eigenvalue weighted by Crippen LogP contribution is -2.54. The smallest absolute Gasteiger partial charge is 0.407 e. The van der Waals surface area contributed by atoms with Gasteiger partial charge in [0, 0.05) is 44.9 Å². The van der Waals surface area contributed by atoms with E-state index in [0.717, 1.165) is 98.8 Å². The van der Waals surface area contributed by atoms with Crippen molar-refractivity contribution < 1.29 is 38.1 Å². The van der Waals surface area contributed by atoms with Gasteiger partial charge in [-0.05, 0) is 144 Å². The number of H-pyrrole nitrogens is 2. The number of nitrogens with zero attached hydrogens (tertiary/aromatic N) is 3. The summed E-state index contributed by atoms with van der Waals surface area (Å²) < 4.78 is 20.8. The summed E-state index contributed by atoms with van der Waals surface area (Å²) in [6.45, 7) is 2.29. The van der Waals surface area contributed by atoms with Crippen LogP contribution < -0.4 is 16.0 Å². The van der Waals surface area contributed by atoms with Gasteiger partial charge in [-0.15, -0.1) is 0 Å². The highest BCUT2D eigenvalue weighted by Crippen LogP contribution is 2.53. The maximum absolute atomic E-state index is 14.3. The molecule has 5 heterocycles. The van der Waals surface area contributed by atoms with E-state index in [2.05, 4.69) is 92.6 Å². The summed E-state index contributed by atoms with van der Waals surface area (Å²) in [7, 11) is 2.63. The summed E-state index contributed by atoms with van der Waals surface area (Å²) in [6, 6.07) is 24.5. The molecule has 5 aliphatic rings. The third-order valence-corrected chi connectivity index (χ3v) is 15.2. The molecule has 4 aromatic carbocycles. The van der Waals surface area contributed by atoms with Crippen LogP contribution in [-0.2, 0) is 35.0 Å². The lowest BCUT2D eigenvalue weighted by atomic mass is 9.90. The van der Waals surface area contributed by atoms with Gasteiger partial charge in [0.25, 0.3) is 0 Å². The highest BCUT2D eigenvalue weighted by atomic mass is 16.5. The molecule has 6 aromatic rings. The van der Waals surface area contributed by atoms with Crippen molar-refractivity contribution in [2.45, 2.75) is 88.0 Å². The molecule has 2 aliphatic carbocycles. The fraction of sp³-hybridized carbons (Fsp3) is 0.462. The second kappa shape index (κ2) is 18.5. The molecule has 354 valence electrons. The van der Waals surface area contributed by atoms with Crippen molar-refractivity contribution >= 4 is 56.8 Å². The van der Waals surface area contributed by atoms with Crippen LogP contribution in [0, 0.1) is 23.7 Å². The van der Waals surface area contributed by atoms with E-state index in [0.29, 0.717) is 63.9 Å². The van der Waals surface area contributed by atoms with E-state index in [9.17, 15) is 19.2 Å². The number of amides is 4. The Morgan fingerprint density at radius 3 is 1.88 bits per heavy atom. The zero-order valence-electron chi connectivity index (χ0n) is 38.4. The number of benzene rings is 4. The van der Waals surface area contributed by atoms with Crippen LogP contribution in [0.5, 0.6) is 0 Å². The summed E-state index contributed by atoms with van der Waals surface area (Å²) in [6.07, 6.45) is 6.03. The monoisotopic (exact) mass is 922 g/mol. The van der Waals surface area contributed by atoms with Crippen molar-refractivity contribution in [1.82, 2.24) is 40.8 Å². The molecule has 5 N–H and O–H groups in total. The Morgan fingerprint density at radius 1 is 0.691 bits per heavy atom. The summed E-state index contributed by atoms with van der Waals surface area (Å²) in [5, 5.41) is 11.1. The molecule has 0 radical (unpaired) electrons. The first kappa shape index (κ1) is 44.0. The Balaban J connectivity index is 0.738. The SMILES string of the molecule is COC(=O)N[C@H](C(=O)N[C@@H]1C[C@@H]1CCc1nc2ccc(-c3ccc4cc(-c5ccc6nc([C@@H]7C[C@H]8C[C@H]8N7C(=O)[C@@H](NC(=O)OC)C7CCOCC7)[nH]c6c5)ccc4c3)cc2[nH]1)C1CCOCC1. The van der Waals surface area contributed by atoms with E-state index < -0.39 is 24.3 Å². The summed E-state index contributed by atoms with van der Waals surface area (Å²) >= 11 is 0. The largest absolute Gasteiger partial charge is 0.453 e. The molecule has 68 heavy (non-hydrogen) atoms. The number of fused-ring (bicyclic) bond motifs is 4. The Bertz CT molecular complexity index is 2880. The first-order chi connectivity index (χ1) is 33.2. The zero-order chi connectivity index (χ0) is 46.5. The number of hydrogen-bond acceptors (Lipinski definition) is 10. The van der Waals surface area contributed by atoms with Gasteiger partial charge < -0.3 is 49.8 Å². The van der Waals surface area contributed by atoms with Gasteiger partial charge >= 0.3 is 12.2 Å². The molecule has 16 nitrogen and oxygen atoms in total. The summed E-state index contributed by atoms with van der Waals surface area (Å²) in [5.41, 5.74) is 8.04. The molecule has 7 atom stereocenters. The van der Waals surface area contributed by atoms with Gasteiger partial charge in [0.2, 0.25) is 11.8 Å². The minimum Gasteiger partial charge on any atom is -0.453 e. The average Bonchev–Trinajstić information content (AvgIpc) is 4.13. The number of carbonyl (C=O) groups is 4. The first-order valence-corrected chi connectivity index (χ1v) is 24.2. The van der Waals surface area contributed by atoms with Gasteiger partial charge in [0.15, 0.2) is 0 Å². The van der Waals surface area contributed by atoms with Gasteiger partial charge in [-0.3, -0.25) is 9.59 Å². The van der Waals surface area contributed by atoms with Crippen LogP contribution in [0.15, 0.2) is 72.8 Å². The van der Waals surface area contributed by atoms with Crippen molar-refractivity contribution in [3.05, 3.63) is 84.4 Å². The van der Waals surface area contributed by atoms with E-state index >= 15 is 0 Å². The van der Waals surface area contributed by atoms with Crippen molar-refractivity contribution in [2.75, 3.05) is 40.6 Å². The predicted octanol–water partition coefficient (Wildman–Crippen LogP) is 7.33. The molecule has 2 saturated carbocycles. The number of likely N-dealkylation sites (tertiary alicyclic amines) is 1. The van der Waals surface area contributed by atoms with Crippen molar-refractivity contribution in [3.8, 4) is 22.3 Å². The Morgan fingerprint density at radius 2 is 1.25 bits per heavy atom. The topological polar surface area (TPSA) is 202 Å². The summed E-state index contributed by atoms with van der Waals surface area (Å²) in [5.74, 6) is 2.26. The van der Waals surface area contributed by atoms with Gasteiger partial charge in [0.1, 0.15) is 23.7 Å². The molecule has 0 unspecified atom stereocenters. The minimum atomic E-state index is -0.674. The third kappa shape index (κ3) is 8.98. The number of ether oxygens (including phenoxy) is 4. The van der Waals surface area contributed by atoms with E-state index in [4.69, 9.17) is 28.9 Å². The van der Waals surface area contributed by atoms with Crippen molar-refractivity contribution in [2.24, 2.45) is 23.7 Å². The van der Waals surface area contributed by atoms with E-state index in [1.54, 1.807) is 0 Å². The Kier molecular flexibility index (Phi) is 12.0. The maximum Gasteiger partial charge on any atom is 0.407 e. The number of aromatic amines is 2. The number of aryl methyl sites for hydroxylation is 1. The molecule has 4 amide bonds. The van der Waals surface area contributed by atoms with Crippen LogP contribution in [0.3, 0.4) is 0 Å². The lowest BCUT2D eigenvalue weighted by Gasteiger charge is -2.35. The number of rotatable bonds is 13. The van der Waals surface area contributed by atoms with Crippen LogP contribution in [0.1, 0.15) is 69.1 Å². The van der Waals surface area contributed by atoms with Crippen molar-refractivity contribution in [3.63, 3.8) is 0 Å². The second-order valence-corrected chi connectivity index (χ2v) is 19.4. The highest BCUT2D eigenvalue weighted by Gasteiger charge is 2.56. The normalized spacial score (nSPS) is 23.5. The molecule has 3 aliphatic heterocycles. The molecule has 3 saturated heterocycles.